The van der Waals surface area contributed by atoms with Crippen molar-refractivity contribution in [3.63, 3.8) is 0 Å². The third-order valence-corrected chi connectivity index (χ3v) is 3.32. The van der Waals surface area contributed by atoms with Gasteiger partial charge in [-0.25, -0.2) is 9.37 Å². The molecule has 0 saturated heterocycles. The van der Waals surface area contributed by atoms with E-state index in [1.807, 2.05) is 11.5 Å². The zero-order valence-corrected chi connectivity index (χ0v) is 14.0. The van der Waals surface area contributed by atoms with Crippen molar-refractivity contribution in [3.05, 3.63) is 36.4 Å². The number of hydrogen-bond acceptors (Lipinski definition) is 6. The normalized spacial score (nSPS) is 10.5. The van der Waals surface area contributed by atoms with E-state index in [2.05, 4.69) is 25.6 Å². The van der Waals surface area contributed by atoms with Crippen molar-refractivity contribution >= 4 is 41.0 Å². The van der Waals surface area contributed by atoms with Gasteiger partial charge < -0.3 is 20.9 Å². The van der Waals surface area contributed by atoms with Crippen molar-refractivity contribution < 1.29 is 4.39 Å². The molecule has 0 radical (unpaired) electrons. The van der Waals surface area contributed by atoms with Gasteiger partial charge in [0.15, 0.2) is 17.0 Å². The molecule has 0 aliphatic carbocycles. The number of nitrogens with zero attached hydrogens (tertiary/aromatic N) is 4. The maximum atomic E-state index is 13.4. The van der Waals surface area contributed by atoms with Crippen LogP contribution in [-0.2, 0) is 6.54 Å². The zero-order chi connectivity index (χ0) is 16.2. The molecule has 0 fully saturated rings. The number of aryl methyl sites for hydroxylation is 1. The number of anilines is 3. The standard InChI is InChI=1S/C15H18FN7.ClH/c1-2-23-9-19-12-13(20-11-5-3-4-10(16)8-11)21-15(18-7-6-17)22-14(12)23;/h3-5,8-9H,2,6-7,17H2,1H3,(H2,18,20,21,22);1H. The van der Waals surface area contributed by atoms with Gasteiger partial charge in [-0.1, -0.05) is 6.07 Å². The summed E-state index contributed by atoms with van der Waals surface area (Å²) in [5.41, 5.74) is 7.45. The Labute approximate surface area is 144 Å². The molecule has 0 amide bonds. The Balaban J connectivity index is 0.00000208. The van der Waals surface area contributed by atoms with Crippen LogP contribution in [0.1, 0.15) is 6.92 Å². The Morgan fingerprint density at radius 2 is 2.12 bits per heavy atom. The number of halogens is 2. The number of benzene rings is 1. The molecule has 0 unspecified atom stereocenters. The van der Waals surface area contributed by atoms with E-state index in [0.29, 0.717) is 41.7 Å². The van der Waals surface area contributed by atoms with Crippen molar-refractivity contribution in [1.29, 1.82) is 0 Å². The number of nitrogens with two attached hydrogens (primary N) is 1. The zero-order valence-electron chi connectivity index (χ0n) is 13.2. The molecule has 0 aliphatic heterocycles. The molecule has 3 aromatic rings. The lowest BCUT2D eigenvalue weighted by atomic mass is 10.3. The van der Waals surface area contributed by atoms with E-state index in [9.17, 15) is 4.39 Å². The molecule has 24 heavy (non-hydrogen) atoms. The molecule has 0 saturated carbocycles. The monoisotopic (exact) mass is 351 g/mol. The number of rotatable bonds is 6. The van der Waals surface area contributed by atoms with Crippen LogP contribution in [-0.4, -0.2) is 32.6 Å². The van der Waals surface area contributed by atoms with E-state index in [1.165, 1.54) is 12.1 Å². The number of fused-ring (bicyclic) bond motifs is 1. The highest BCUT2D eigenvalue weighted by atomic mass is 35.5. The Morgan fingerprint density at radius 1 is 1.29 bits per heavy atom. The van der Waals surface area contributed by atoms with E-state index in [1.54, 1.807) is 18.5 Å². The fourth-order valence-electron chi connectivity index (χ4n) is 2.23. The van der Waals surface area contributed by atoms with Crippen LogP contribution in [0.5, 0.6) is 0 Å². The van der Waals surface area contributed by atoms with Crippen LogP contribution in [0.3, 0.4) is 0 Å². The minimum atomic E-state index is -0.319. The van der Waals surface area contributed by atoms with Gasteiger partial charge in [0.2, 0.25) is 5.95 Å². The fourth-order valence-corrected chi connectivity index (χ4v) is 2.23. The molecule has 1 aromatic carbocycles. The first-order chi connectivity index (χ1) is 11.2. The maximum Gasteiger partial charge on any atom is 0.226 e. The van der Waals surface area contributed by atoms with Gasteiger partial charge >= 0.3 is 0 Å². The lowest BCUT2D eigenvalue weighted by Crippen LogP contribution is -2.15. The summed E-state index contributed by atoms with van der Waals surface area (Å²) in [4.78, 5) is 13.3. The van der Waals surface area contributed by atoms with Gasteiger partial charge in [-0.15, -0.1) is 12.4 Å². The second-order valence-electron chi connectivity index (χ2n) is 4.95. The molecule has 0 bridgehead atoms. The highest BCUT2D eigenvalue weighted by molar-refractivity contribution is 5.86. The minimum Gasteiger partial charge on any atom is -0.353 e. The molecule has 9 heteroatoms. The molecular formula is C15H19ClFN7. The van der Waals surface area contributed by atoms with E-state index < -0.39 is 0 Å². The lowest BCUT2D eigenvalue weighted by Gasteiger charge is -2.10. The van der Waals surface area contributed by atoms with Crippen LogP contribution in [0.4, 0.5) is 21.8 Å². The summed E-state index contributed by atoms with van der Waals surface area (Å²) in [5.74, 6) is 0.658. The van der Waals surface area contributed by atoms with Gasteiger partial charge in [-0.05, 0) is 25.1 Å². The van der Waals surface area contributed by atoms with Gasteiger partial charge in [0.25, 0.3) is 0 Å². The summed E-state index contributed by atoms with van der Waals surface area (Å²) < 4.78 is 15.3. The van der Waals surface area contributed by atoms with Gasteiger partial charge in [-0.3, -0.25) is 0 Å². The van der Waals surface area contributed by atoms with E-state index in [-0.39, 0.29) is 18.2 Å². The molecular weight excluding hydrogens is 333 g/mol. The summed E-state index contributed by atoms with van der Waals surface area (Å²) in [6, 6.07) is 6.19. The van der Waals surface area contributed by atoms with E-state index in [0.717, 1.165) is 6.54 Å². The second-order valence-corrected chi connectivity index (χ2v) is 4.95. The molecule has 0 atom stereocenters. The van der Waals surface area contributed by atoms with Crippen LogP contribution >= 0.6 is 12.4 Å². The Bertz CT molecular complexity index is 821. The maximum absolute atomic E-state index is 13.4. The van der Waals surface area contributed by atoms with E-state index in [4.69, 9.17) is 5.73 Å². The average Bonchev–Trinajstić information content (AvgIpc) is 2.96. The van der Waals surface area contributed by atoms with Gasteiger partial charge in [0.05, 0.1) is 6.33 Å². The SMILES string of the molecule is CCn1cnc2c(Nc3cccc(F)c3)nc(NCCN)nc21.Cl. The highest BCUT2D eigenvalue weighted by Gasteiger charge is 2.13. The third kappa shape index (κ3) is 3.72. The smallest absolute Gasteiger partial charge is 0.226 e. The number of imidazole rings is 1. The van der Waals surface area contributed by atoms with Crippen molar-refractivity contribution in [2.45, 2.75) is 13.5 Å². The number of hydrogen-bond donors (Lipinski definition) is 3. The molecule has 2 aromatic heterocycles. The summed E-state index contributed by atoms with van der Waals surface area (Å²) >= 11 is 0. The first-order valence-corrected chi connectivity index (χ1v) is 7.40. The quantitative estimate of drug-likeness (QED) is 0.632. The predicted molar refractivity (Wildman–Crippen MR) is 95.5 cm³/mol. The highest BCUT2D eigenvalue weighted by Crippen LogP contribution is 2.24. The second kappa shape index (κ2) is 7.89. The Kier molecular flexibility index (Phi) is 5.88. The largest absolute Gasteiger partial charge is 0.353 e. The molecule has 0 spiro atoms. The van der Waals surface area contributed by atoms with Crippen LogP contribution in [0.2, 0.25) is 0 Å². The van der Waals surface area contributed by atoms with Crippen LogP contribution < -0.4 is 16.4 Å². The molecule has 128 valence electrons. The Morgan fingerprint density at radius 3 is 2.83 bits per heavy atom. The molecule has 7 nitrogen and oxygen atoms in total. The van der Waals surface area contributed by atoms with Gasteiger partial charge in [0, 0.05) is 25.3 Å². The van der Waals surface area contributed by atoms with Gasteiger partial charge in [-0.2, -0.15) is 9.97 Å². The fraction of sp³-hybridized carbons (Fsp3) is 0.267. The van der Waals surface area contributed by atoms with Crippen molar-refractivity contribution in [2.24, 2.45) is 5.73 Å². The van der Waals surface area contributed by atoms with Crippen LogP contribution in [0.15, 0.2) is 30.6 Å². The molecule has 4 N–H and O–H groups in total. The summed E-state index contributed by atoms with van der Waals surface area (Å²) in [6.45, 7) is 3.78. The topological polar surface area (TPSA) is 93.7 Å². The number of nitrogens with one attached hydrogen (secondary N) is 2. The third-order valence-electron chi connectivity index (χ3n) is 3.32. The van der Waals surface area contributed by atoms with Crippen molar-refractivity contribution in [1.82, 2.24) is 19.5 Å². The predicted octanol–water partition coefficient (Wildman–Crippen LogP) is 2.52. The van der Waals surface area contributed by atoms with Crippen LogP contribution in [0.25, 0.3) is 11.2 Å². The average molecular weight is 352 g/mol. The van der Waals surface area contributed by atoms with Crippen molar-refractivity contribution in [2.75, 3.05) is 23.7 Å². The van der Waals surface area contributed by atoms with Gasteiger partial charge in [0.1, 0.15) is 5.82 Å². The number of aromatic nitrogens is 4. The first kappa shape index (κ1) is 17.9. The molecule has 2 heterocycles. The van der Waals surface area contributed by atoms with Crippen molar-refractivity contribution in [3.8, 4) is 0 Å². The summed E-state index contributed by atoms with van der Waals surface area (Å²) in [6.07, 6.45) is 1.71. The van der Waals surface area contributed by atoms with Crippen LogP contribution in [0, 0.1) is 5.82 Å². The Hall–Kier alpha value is -2.45. The summed E-state index contributed by atoms with van der Waals surface area (Å²) in [7, 11) is 0. The molecule has 0 aliphatic rings. The lowest BCUT2D eigenvalue weighted by molar-refractivity contribution is 0.628. The minimum absolute atomic E-state index is 0. The molecule has 3 rings (SSSR count). The first-order valence-electron chi connectivity index (χ1n) is 7.40. The van der Waals surface area contributed by atoms with E-state index >= 15 is 0 Å². The summed E-state index contributed by atoms with van der Waals surface area (Å²) in [5, 5.41) is 6.17.